The predicted octanol–water partition coefficient (Wildman–Crippen LogP) is 2.16. The van der Waals surface area contributed by atoms with Gasteiger partial charge in [-0.3, -0.25) is 0 Å². The van der Waals surface area contributed by atoms with Crippen molar-refractivity contribution in [1.82, 2.24) is 9.97 Å². The molecule has 0 radical (unpaired) electrons. The third-order valence-corrected chi connectivity index (χ3v) is 2.50. The van der Waals surface area contributed by atoms with E-state index < -0.39 is 11.6 Å². The fraction of sp³-hybridized carbons (Fsp3) is 0.250. The number of nitrogens with zero attached hydrogens (tertiary/aromatic N) is 1. The second-order valence-electron chi connectivity index (χ2n) is 3.82. The number of halogens is 2. The highest BCUT2D eigenvalue weighted by Gasteiger charge is 2.13. The van der Waals surface area contributed by atoms with Crippen molar-refractivity contribution >= 4 is 0 Å². The molecule has 0 spiro atoms. The van der Waals surface area contributed by atoms with Gasteiger partial charge in [0, 0.05) is 23.7 Å². The number of nitrogens with one attached hydrogen (secondary N) is 1. The minimum Gasteiger partial charge on any atom is -0.346 e. The number of aromatic nitrogens is 2. The zero-order valence-electron chi connectivity index (χ0n) is 9.43. The predicted molar refractivity (Wildman–Crippen MR) is 61.4 cm³/mol. The van der Waals surface area contributed by atoms with Crippen LogP contribution in [0.4, 0.5) is 8.78 Å². The van der Waals surface area contributed by atoms with E-state index in [1.807, 2.05) is 0 Å². The average Bonchev–Trinajstić information content (AvgIpc) is 2.60. The van der Waals surface area contributed by atoms with Gasteiger partial charge in [-0.2, -0.15) is 0 Å². The summed E-state index contributed by atoms with van der Waals surface area (Å²) < 4.78 is 26.4. The number of aryl methyl sites for hydroxylation is 1. The van der Waals surface area contributed by atoms with Gasteiger partial charge in [0.05, 0.1) is 5.69 Å². The first-order chi connectivity index (χ1) is 8.11. The number of rotatable bonds is 3. The van der Waals surface area contributed by atoms with Crippen molar-refractivity contribution in [3.63, 3.8) is 0 Å². The molecule has 1 heterocycles. The number of imidazole rings is 1. The van der Waals surface area contributed by atoms with Gasteiger partial charge < -0.3 is 10.7 Å². The highest BCUT2D eigenvalue weighted by molar-refractivity contribution is 5.62. The number of benzene rings is 1. The van der Waals surface area contributed by atoms with Gasteiger partial charge in [0.15, 0.2) is 0 Å². The number of nitrogens with two attached hydrogens (primary N) is 1. The summed E-state index contributed by atoms with van der Waals surface area (Å²) in [4.78, 5) is 7.30. The maximum atomic E-state index is 13.6. The van der Waals surface area contributed by atoms with Crippen molar-refractivity contribution in [2.45, 2.75) is 13.3 Å². The summed E-state index contributed by atoms with van der Waals surface area (Å²) >= 11 is 0. The quantitative estimate of drug-likeness (QED) is 0.859. The standard InChI is InChI=1S/C12H13F2N3/c1-7-12(17-11(16-7)4-5-15)9-3-2-8(13)6-10(9)14/h2-3,6H,4-5,15H2,1H3,(H,16,17). The van der Waals surface area contributed by atoms with Crippen LogP contribution in [0, 0.1) is 18.6 Å². The first-order valence-corrected chi connectivity index (χ1v) is 5.33. The van der Waals surface area contributed by atoms with Crippen molar-refractivity contribution in [3.05, 3.63) is 41.4 Å². The molecule has 0 aliphatic rings. The summed E-state index contributed by atoms with van der Waals surface area (Å²) in [7, 11) is 0. The van der Waals surface area contributed by atoms with Crippen LogP contribution in [0.1, 0.15) is 11.5 Å². The number of hydrogen-bond acceptors (Lipinski definition) is 2. The first-order valence-electron chi connectivity index (χ1n) is 5.33. The van der Waals surface area contributed by atoms with Crippen molar-refractivity contribution in [2.75, 3.05) is 6.54 Å². The highest BCUT2D eigenvalue weighted by Crippen LogP contribution is 2.24. The Bertz CT molecular complexity index is 535. The molecule has 0 fully saturated rings. The topological polar surface area (TPSA) is 54.7 Å². The van der Waals surface area contributed by atoms with Crippen LogP contribution >= 0.6 is 0 Å². The minimum absolute atomic E-state index is 0.295. The van der Waals surface area contributed by atoms with Gasteiger partial charge in [-0.05, 0) is 25.6 Å². The van der Waals surface area contributed by atoms with E-state index in [0.29, 0.717) is 30.0 Å². The normalized spacial score (nSPS) is 10.8. The van der Waals surface area contributed by atoms with Crippen molar-refractivity contribution < 1.29 is 8.78 Å². The molecule has 2 aromatic rings. The smallest absolute Gasteiger partial charge is 0.135 e. The Labute approximate surface area is 97.7 Å². The summed E-state index contributed by atoms with van der Waals surface area (Å²) in [6.45, 7) is 2.27. The van der Waals surface area contributed by atoms with E-state index in [1.165, 1.54) is 12.1 Å². The van der Waals surface area contributed by atoms with Crippen molar-refractivity contribution in [3.8, 4) is 11.3 Å². The monoisotopic (exact) mass is 237 g/mol. The Morgan fingerprint density at radius 3 is 2.76 bits per heavy atom. The van der Waals surface area contributed by atoms with E-state index in [1.54, 1.807) is 6.92 Å². The van der Waals surface area contributed by atoms with Gasteiger partial charge >= 0.3 is 0 Å². The minimum atomic E-state index is -0.612. The third-order valence-electron chi connectivity index (χ3n) is 2.50. The van der Waals surface area contributed by atoms with Crippen molar-refractivity contribution in [2.24, 2.45) is 5.73 Å². The Morgan fingerprint density at radius 2 is 2.12 bits per heavy atom. The lowest BCUT2D eigenvalue weighted by Gasteiger charge is -2.00. The Kier molecular flexibility index (Phi) is 3.19. The van der Waals surface area contributed by atoms with Crippen LogP contribution in [-0.4, -0.2) is 16.5 Å². The van der Waals surface area contributed by atoms with Gasteiger partial charge in [0.1, 0.15) is 17.5 Å². The van der Waals surface area contributed by atoms with Gasteiger partial charge in [0.25, 0.3) is 0 Å². The Morgan fingerprint density at radius 1 is 1.35 bits per heavy atom. The molecule has 0 saturated heterocycles. The second kappa shape index (κ2) is 4.63. The van der Waals surface area contributed by atoms with Crippen molar-refractivity contribution in [1.29, 1.82) is 0 Å². The van der Waals surface area contributed by atoms with Crippen LogP contribution in [0.2, 0.25) is 0 Å². The maximum absolute atomic E-state index is 13.6. The maximum Gasteiger partial charge on any atom is 0.135 e. The Balaban J connectivity index is 2.45. The molecule has 17 heavy (non-hydrogen) atoms. The fourth-order valence-corrected chi connectivity index (χ4v) is 1.72. The lowest BCUT2D eigenvalue weighted by Crippen LogP contribution is -2.03. The molecule has 0 bridgehead atoms. The van der Waals surface area contributed by atoms with Gasteiger partial charge in [-0.1, -0.05) is 0 Å². The van der Waals surface area contributed by atoms with Crippen LogP contribution in [0.25, 0.3) is 11.3 Å². The summed E-state index contributed by atoms with van der Waals surface area (Å²) in [5.74, 6) is -0.496. The highest BCUT2D eigenvalue weighted by atomic mass is 19.1. The zero-order valence-corrected chi connectivity index (χ0v) is 9.43. The average molecular weight is 237 g/mol. The second-order valence-corrected chi connectivity index (χ2v) is 3.82. The lowest BCUT2D eigenvalue weighted by atomic mass is 10.1. The largest absolute Gasteiger partial charge is 0.346 e. The molecule has 2 rings (SSSR count). The summed E-state index contributed by atoms with van der Waals surface area (Å²) in [5.41, 5.74) is 6.97. The molecule has 0 aliphatic heterocycles. The lowest BCUT2D eigenvalue weighted by molar-refractivity contribution is 0.585. The van der Waals surface area contributed by atoms with Crippen LogP contribution in [-0.2, 0) is 6.42 Å². The van der Waals surface area contributed by atoms with Crippen LogP contribution in [0.5, 0.6) is 0 Å². The third kappa shape index (κ3) is 2.34. The molecule has 0 unspecified atom stereocenters. The molecule has 0 saturated carbocycles. The molecule has 90 valence electrons. The van der Waals surface area contributed by atoms with E-state index in [2.05, 4.69) is 9.97 Å². The summed E-state index contributed by atoms with van der Waals surface area (Å²) in [5, 5.41) is 0. The van der Waals surface area contributed by atoms with Crippen LogP contribution in [0.15, 0.2) is 18.2 Å². The number of hydrogen-bond donors (Lipinski definition) is 2. The van der Waals surface area contributed by atoms with Gasteiger partial charge in [-0.25, -0.2) is 13.8 Å². The molecular weight excluding hydrogens is 224 g/mol. The molecule has 0 atom stereocenters. The molecule has 0 aliphatic carbocycles. The van der Waals surface area contributed by atoms with E-state index in [0.717, 1.165) is 11.8 Å². The van der Waals surface area contributed by atoms with E-state index >= 15 is 0 Å². The van der Waals surface area contributed by atoms with Gasteiger partial charge in [0.2, 0.25) is 0 Å². The molecule has 1 aromatic carbocycles. The van der Waals surface area contributed by atoms with Crippen LogP contribution in [0.3, 0.4) is 0 Å². The first kappa shape index (κ1) is 11.7. The van der Waals surface area contributed by atoms with Gasteiger partial charge in [-0.15, -0.1) is 0 Å². The number of H-pyrrole nitrogens is 1. The molecule has 0 amide bonds. The molecule has 3 nitrogen and oxygen atoms in total. The van der Waals surface area contributed by atoms with E-state index in [9.17, 15) is 8.78 Å². The fourth-order valence-electron chi connectivity index (χ4n) is 1.72. The SMILES string of the molecule is Cc1[nH]c(CCN)nc1-c1ccc(F)cc1F. The summed E-state index contributed by atoms with van der Waals surface area (Å²) in [6, 6.07) is 3.46. The van der Waals surface area contributed by atoms with E-state index in [-0.39, 0.29) is 0 Å². The molecule has 3 N–H and O–H groups in total. The Hall–Kier alpha value is -1.75. The van der Waals surface area contributed by atoms with Crippen LogP contribution < -0.4 is 5.73 Å². The zero-order chi connectivity index (χ0) is 12.4. The molecule has 5 heteroatoms. The van der Waals surface area contributed by atoms with E-state index in [4.69, 9.17) is 5.73 Å². The molecular formula is C12H13F2N3. The number of aromatic amines is 1. The summed E-state index contributed by atoms with van der Waals surface area (Å²) in [6.07, 6.45) is 0.601. The molecule has 1 aromatic heterocycles.